The molecule has 1 aliphatic heterocycles. The number of pyridine rings is 1. The lowest BCUT2D eigenvalue weighted by Crippen LogP contribution is -2.45. The minimum Gasteiger partial charge on any atom is -0.445 e. The molecule has 1 saturated heterocycles. The fourth-order valence-corrected chi connectivity index (χ4v) is 4.91. The maximum Gasteiger partial charge on any atom is 0.410 e. The van der Waals surface area contributed by atoms with E-state index in [0.29, 0.717) is 30.6 Å². The Morgan fingerprint density at radius 2 is 1.69 bits per heavy atom. The number of carbonyl (C=O) groups is 1. The topological polar surface area (TPSA) is 79.8 Å². The smallest absolute Gasteiger partial charge is 0.410 e. The second kappa shape index (κ2) is 11.0. The van der Waals surface area contributed by atoms with Gasteiger partial charge in [-0.3, -0.25) is 9.88 Å². The summed E-state index contributed by atoms with van der Waals surface area (Å²) >= 11 is 0. The SMILES string of the molecule is CN(Cc1ccc(-c2ccc(S(C)(=O)=O)cc2)nc1)C1CCN(C(=O)OCc2ccccc2)CC1. The van der Waals surface area contributed by atoms with Crippen molar-refractivity contribution in [2.45, 2.75) is 36.9 Å². The van der Waals surface area contributed by atoms with Crippen LogP contribution in [0.3, 0.4) is 0 Å². The van der Waals surface area contributed by atoms with E-state index in [2.05, 4.69) is 23.0 Å². The molecule has 2 aromatic carbocycles. The first-order valence-corrected chi connectivity index (χ1v) is 13.6. The molecule has 0 unspecified atom stereocenters. The Balaban J connectivity index is 1.25. The molecule has 7 nitrogen and oxygen atoms in total. The Morgan fingerprint density at radius 1 is 1.00 bits per heavy atom. The van der Waals surface area contributed by atoms with E-state index in [0.717, 1.165) is 41.8 Å². The normalized spacial score (nSPS) is 14.8. The molecule has 0 aliphatic carbocycles. The fraction of sp³-hybridized carbons (Fsp3) is 0.333. The van der Waals surface area contributed by atoms with Crippen LogP contribution in [0.5, 0.6) is 0 Å². The predicted molar refractivity (Wildman–Crippen MR) is 135 cm³/mol. The molecule has 2 heterocycles. The van der Waals surface area contributed by atoms with E-state index >= 15 is 0 Å². The molecular weight excluding hydrogens is 462 g/mol. The van der Waals surface area contributed by atoms with Gasteiger partial charge in [-0.2, -0.15) is 0 Å². The van der Waals surface area contributed by atoms with E-state index in [1.54, 1.807) is 29.2 Å². The number of aromatic nitrogens is 1. The summed E-state index contributed by atoms with van der Waals surface area (Å²) < 4.78 is 28.8. The third-order valence-electron chi connectivity index (χ3n) is 6.39. The summed E-state index contributed by atoms with van der Waals surface area (Å²) in [6.07, 6.45) is 4.61. The van der Waals surface area contributed by atoms with Crippen LogP contribution < -0.4 is 0 Å². The minimum atomic E-state index is -3.21. The van der Waals surface area contributed by atoms with Crippen molar-refractivity contribution in [1.29, 1.82) is 0 Å². The monoisotopic (exact) mass is 493 g/mol. The van der Waals surface area contributed by atoms with Crippen LogP contribution in [0.15, 0.2) is 77.8 Å². The van der Waals surface area contributed by atoms with Gasteiger partial charge in [0.2, 0.25) is 0 Å². The van der Waals surface area contributed by atoms with E-state index in [-0.39, 0.29) is 6.09 Å². The molecule has 0 N–H and O–H groups in total. The third kappa shape index (κ3) is 6.68. The van der Waals surface area contributed by atoms with Gasteiger partial charge in [0, 0.05) is 43.7 Å². The number of carbonyl (C=O) groups excluding carboxylic acids is 1. The Kier molecular flexibility index (Phi) is 7.83. The fourth-order valence-electron chi connectivity index (χ4n) is 4.28. The van der Waals surface area contributed by atoms with Crippen LogP contribution in [0, 0.1) is 0 Å². The number of likely N-dealkylation sites (tertiary alicyclic amines) is 1. The van der Waals surface area contributed by atoms with Crippen molar-refractivity contribution in [3.05, 3.63) is 84.1 Å². The Bertz CT molecular complexity index is 1220. The number of hydrogen-bond donors (Lipinski definition) is 0. The summed E-state index contributed by atoms with van der Waals surface area (Å²) in [6.45, 7) is 2.43. The van der Waals surface area contributed by atoms with Crippen LogP contribution in [0.25, 0.3) is 11.3 Å². The van der Waals surface area contributed by atoms with Gasteiger partial charge in [0.25, 0.3) is 0 Å². The second-order valence-corrected chi connectivity index (χ2v) is 11.0. The van der Waals surface area contributed by atoms with Crippen molar-refractivity contribution < 1.29 is 17.9 Å². The van der Waals surface area contributed by atoms with E-state index in [9.17, 15) is 13.2 Å². The largest absolute Gasteiger partial charge is 0.445 e. The maximum atomic E-state index is 12.4. The number of hydrogen-bond acceptors (Lipinski definition) is 6. The highest BCUT2D eigenvalue weighted by molar-refractivity contribution is 7.90. The van der Waals surface area contributed by atoms with Gasteiger partial charge in [-0.05, 0) is 49.2 Å². The third-order valence-corrected chi connectivity index (χ3v) is 7.51. The maximum absolute atomic E-state index is 12.4. The van der Waals surface area contributed by atoms with Gasteiger partial charge in [-0.1, -0.05) is 48.5 Å². The number of ether oxygens (including phenoxy) is 1. The van der Waals surface area contributed by atoms with Crippen molar-refractivity contribution in [3.8, 4) is 11.3 Å². The van der Waals surface area contributed by atoms with Gasteiger partial charge in [0.1, 0.15) is 6.61 Å². The van der Waals surface area contributed by atoms with Gasteiger partial charge in [0.15, 0.2) is 9.84 Å². The molecular formula is C27H31N3O4S. The molecule has 0 bridgehead atoms. The van der Waals surface area contributed by atoms with Crippen molar-refractivity contribution in [1.82, 2.24) is 14.8 Å². The quantitative estimate of drug-likeness (QED) is 0.486. The highest BCUT2D eigenvalue weighted by atomic mass is 32.2. The van der Waals surface area contributed by atoms with Crippen molar-refractivity contribution in [2.75, 3.05) is 26.4 Å². The van der Waals surface area contributed by atoms with Gasteiger partial charge < -0.3 is 9.64 Å². The van der Waals surface area contributed by atoms with Crippen molar-refractivity contribution >= 4 is 15.9 Å². The first kappa shape index (κ1) is 24.9. The summed E-state index contributed by atoms with van der Waals surface area (Å²) in [5.74, 6) is 0. The molecule has 0 spiro atoms. The Morgan fingerprint density at radius 3 is 2.29 bits per heavy atom. The predicted octanol–water partition coefficient (Wildman–Crippen LogP) is 4.39. The lowest BCUT2D eigenvalue weighted by molar-refractivity contribution is 0.0717. The summed E-state index contributed by atoms with van der Waals surface area (Å²) in [5, 5.41) is 0. The molecule has 1 aromatic heterocycles. The number of amides is 1. The molecule has 1 amide bonds. The van der Waals surface area contributed by atoms with Crippen LogP contribution in [0.1, 0.15) is 24.0 Å². The minimum absolute atomic E-state index is 0.251. The molecule has 8 heteroatoms. The van der Waals surface area contributed by atoms with Crippen LogP contribution in [0.4, 0.5) is 4.79 Å². The van der Waals surface area contributed by atoms with E-state index in [1.165, 1.54) is 6.26 Å². The van der Waals surface area contributed by atoms with E-state index in [4.69, 9.17) is 4.74 Å². The summed E-state index contributed by atoms with van der Waals surface area (Å²) in [4.78, 5) is 21.4. The Hall–Kier alpha value is -3.23. The van der Waals surface area contributed by atoms with Crippen LogP contribution in [-0.2, 0) is 27.7 Å². The first-order valence-electron chi connectivity index (χ1n) is 11.7. The molecule has 0 radical (unpaired) electrons. The van der Waals surface area contributed by atoms with Gasteiger partial charge in [0.05, 0.1) is 10.6 Å². The number of rotatable bonds is 7. The molecule has 1 aliphatic rings. The van der Waals surface area contributed by atoms with Crippen LogP contribution in [-0.4, -0.2) is 61.7 Å². The van der Waals surface area contributed by atoms with Gasteiger partial charge >= 0.3 is 6.09 Å². The molecule has 0 atom stereocenters. The zero-order chi connectivity index (χ0) is 24.8. The van der Waals surface area contributed by atoms with Crippen LogP contribution in [0.2, 0.25) is 0 Å². The summed E-state index contributed by atoms with van der Waals surface area (Å²) in [7, 11) is -1.11. The van der Waals surface area contributed by atoms with Crippen LogP contribution >= 0.6 is 0 Å². The molecule has 184 valence electrons. The number of nitrogens with zero attached hydrogens (tertiary/aromatic N) is 3. The average molecular weight is 494 g/mol. The molecule has 1 fully saturated rings. The number of benzene rings is 2. The number of piperidine rings is 1. The lowest BCUT2D eigenvalue weighted by atomic mass is 10.0. The molecule has 35 heavy (non-hydrogen) atoms. The zero-order valence-corrected chi connectivity index (χ0v) is 20.9. The summed E-state index contributed by atoms with van der Waals surface area (Å²) in [5.41, 5.74) is 3.78. The molecule has 0 saturated carbocycles. The molecule has 4 rings (SSSR count). The zero-order valence-electron chi connectivity index (χ0n) is 20.1. The standard InChI is InChI=1S/C27H31N3O4S/c1-29(24-14-16-30(17-15-24)27(31)34-20-21-6-4-3-5-7-21)19-22-8-13-26(28-18-22)23-9-11-25(12-10-23)35(2,32)33/h3-13,18,24H,14-17,19-20H2,1-2H3. The average Bonchev–Trinajstić information content (AvgIpc) is 2.88. The van der Waals surface area contributed by atoms with Gasteiger partial charge in [-0.15, -0.1) is 0 Å². The highest BCUT2D eigenvalue weighted by Crippen LogP contribution is 2.22. The van der Waals surface area contributed by atoms with E-state index < -0.39 is 9.84 Å². The lowest BCUT2D eigenvalue weighted by Gasteiger charge is -2.36. The first-order chi connectivity index (χ1) is 16.8. The Labute approximate surface area is 207 Å². The second-order valence-electron chi connectivity index (χ2n) is 9.02. The van der Waals surface area contributed by atoms with Gasteiger partial charge in [-0.25, -0.2) is 13.2 Å². The molecule has 3 aromatic rings. The van der Waals surface area contributed by atoms with Crippen molar-refractivity contribution in [2.24, 2.45) is 0 Å². The van der Waals surface area contributed by atoms with E-state index in [1.807, 2.05) is 42.6 Å². The summed E-state index contributed by atoms with van der Waals surface area (Å²) in [6, 6.07) is 20.9. The number of sulfone groups is 1. The van der Waals surface area contributed by atoms with Crippen molar-refractivity contribution in [3.63, 3.8) is 0 Å². The highest BCUT2D eigenvalue weighted by Gasteiger charge is 2.26.